The summed E-state index contributed by atoms with van der Waals surface area (Å²) < 4.78 is 12.9. The van der Waals surface area contributed by atoms with Gasteiger partial charge in [-0.05, 0) is 49.4 Å². The highest BCUT2D eigenvalue weighted by Crippen LogP contribution is 2.34. The van der Waals surface area contributed by atoms with Crippen LogP contribution in [0.5, 0.6) is 0 Å². The Morgan fingerprint density at radius 2 is 2.25 bits per heavy atom. The zero-order valence-corrected chi connectivity index (χ0v) is 9.03. The number of aryl methyl sites for hydroxylation is 1. The minimum atomic E-state index is -0.841. The van der Waals surface area contributed by atoms with Crippen LogP contribution in [0.1, 0.15) is 18.4 Å². The van der Waals surface area contributed by atoms with E-state index < -0.39 is 12.0 Å². The SMILES string of the molecule is Cc1cc(F)ccc1NC(C(=O)O)C1CC1. The maximum absolute atomic E-state index is 12.9. The van der Waals surface area contributed by atoms with Crippen molar-refractivity contribution in [1.82, 2.24) is 0 Å². The van der Waals surface area contributed by atoms with Gasteiger partial charge in [0.05, 0.1) is 0 Å². The Morgan fingerprint density at radius 1 is 1.56 bits per heavy atom. The maximum atomic E-state index is 12.9. The number of anilines is 1. The van der Waals surface area contributed by atoms with Gasteiger partial charge in [0.1, 0.15) is 11.9 Å². The summed E-state index contributed by atoms with van der Waals surface area (Å²) in [5.74, 6) is -0.936. The summed E-state index contributed by atoms with van der Waals surface area (Å²) in [6, 6.07) is 3.77. The highest BCUT2D eigenvalue weighted by molar-refractivity contribution is 5.78. The van der Waals surface area contributed by atoms with Crippen molar-refractivity contribution in [3.05, 3.63) is 29.6 Å². The fourth-order valence-corrected chi connectivity index (χ4v) is 1.77. The topological polar surface area (TPSA) is 49.3 Å². The third kappa shape index (κ3) is 2.32. The average Bonchev–Trinajstić information content (AvgIpc) is 2.99. The van der Waals surface area contributed by atoms with Gasteiger partial charge >= 0.3 is 5.97 Å². The molecular weight excluding hydrogens is 209 g/mol. The van der Waals surface area contributed by atoms with E-state index in [0.717, 1.165) is 18.4 Å². The van der Waals surface area contributed by atoms with Gasteiger partial charge in [-0.25, -0.2) is 9.18 Å². The zero-order chi connectivity index (χ0) is 11.7. The molecule has 2 rings (SSSR count). The first-order valence-corrected chi connectivity index (χ1v) is 5.33. The van der Waals surface area contributed by atoms with Crippen molar-refractivity contribution in [3.8, 4) is 0 Å². The van der Waals surface area contributed by atoms with E-state index in [1.807, 2.05) is 0 Å². The molecule has 3 nitrogen and oxygen atoms in total. The molecule has 1 unspecified atom stereocenters. The zero-order valence-electron chi connectivity index (χ0n) is 9.03. The van der Waals surface area contributed by atoms with E-state index in [0.29, 0.717) is 5.69 Å². The van der Waals surface area contributed by atoms with E-state index in [-0.39, 0.29) is 11.7 Å². The van der Waals surface area contributed by atoms with Gasteiger partial charge in [-0.3, -0.25) is 0 Å². The molecule has 16 heavy (non-hydrogen) atoms. The predicted molar refractivity (Wildman–Crippen MR) is 58.9 cm³/mol. The molecule has 0 heterocycles. The van der Waals surface area contributed by atoms with Gasteiger partial charge in [-0.1, -0.05) is 0 Å². The highest BCUT2D eigenvalue weighted by Gasteiger charge is 2.36. The number of hydrogen-bond acceptors (Lipinski definition) is 2. The Morgan fingerprint density at radius 3 is 2.75 bits per heavy atom. The molecule has 1 aromatic carbocycles. The molecule has 1 atom stereocenters. The van der Waals surface area contributed by atoms with Crippen LogP contribution >= 0.6 is 0 Å². The second-order valence-corrected chi connectivity index (χ2v) is 4.26. The second-order valence-electron chi connectivity index (χ2n) is 4.26. The van der Waals surface area contributed by atoms with Crippen molar-refractivity contribution >= 4 is 11.7 Å². The Labute approximate surface area is 93.3 Å². The number of carboxylic acids is 1. The van der Waals surface area contributed by atoms with Gasteiger partial charge in [0.15, 0.2) is 0 Å². The smallest absolute Gasteiger partial charge is 0.326 e. The van der Waals surface area contributed by atoms with Gasteiger partial charge in [0, 0.05) is 5.69 Å². The first-order chi connectivity index (χ1) is 7.58. The monoisotopic (exact) mass is 223 g/mol. The Balaban J connectivity index is 2.15. The molecule has 86 valence electrons. The lowest BCUT2D eigenvalue weighted by atomic mass is 10.1. The normalized spacial score (nSPS) is 16.9. The van der Waals surface area contributed by atoms with Gasteiger partial charge in [0.25, 0.3) is 0 Å². The summed E-state index contributed by atoms with van der Waals surface area (Å²) in [7, 11) is 0. The summed E-state index contributed by atoms with van der Waals surface area (Å²) in [5, 5.41) is 12.0. The maximum Gasteiger partial charge on any atom is 0.326 e. The van der Waals surface area contributed by atoms with Gasteiger partial charge in [0.2, 0.25) is 0 Å². The molecule has 0 spiro atoms. The fourth-order valence-electron chi connectivity index (χ4n) is 1.77. The highest BCUT2D eigenvalue weighted by atomic mass is 19.1. The molecule has 0 saturated heterocycles. The van der Waals surface area contributed by atoms with Crippen LogP contribution in [0, 0.1) is 18.7 Å². The van der Waals surface area contributed by atoms with Crippen molar-refractivity contribution in [3.63, 3.8) is 0 Å². The van der Waals surface area contributed by atoms with Crippen LogP contribution in [0.3, 0.4) is 0 Å². The molecule has 0 amide bonds. The number of carbonyl (C=O) groups is 1. The Bertz CT molecular complexity index is 415. The summed E-state index contributed by atoms with van der Waals surface area (Å²) >= 11 is 0. The van der Waals surface area contributed by atoms with Crippen LogP contribution in [0.4, 0.5) is 10.1 Å². The predicted octanol–water partition coefficient (Wildman–Crippen LogP) is 2.41. The number of nitrogens with one attached hydrogen (secondary N) is 1. The largest absolute Gasteiger partial charge is 0.480 e. The van der Waals surface area contributed by atoms with E-state index in [1.54, 1.807) is 13.0 Å². The van der Waals surface area contributed by atoms with Crippen LogP contribution in [0.15, 0.2) is 18.2 Å². The molecule has 1 aliphatic rings. The molecule has 0 aliphatic heterocycles. The first-order valence-electron chi connectivity index (χ1n) is 5.33. The van der Waals surface area contributed by atoms with Crippen molar-refractivity contribution < 1.29 is 14.3 Å². The van der Waals surface area contributed by atoms with E-state index in [4.69, 9.17) is 5.11 Å². The van der Waals surface area contributed by atoms with Crippen molar-refractivity contribution in [2.24, 2.45) is 5.92 Å². The molecule has 2 N–H and O–H groups in total. The Kier molecular flexibility index (Phi) is 2.81. The quantitative estimate of drug-likeness (QED) is 0.824. The molecular formula is C12H14FNO2. The molecule has 1 fully saturated rings. The van der Waals surface area contributed by atoms with E-state index in [9.17, 15) is 9.18 Å². The fraction of sp³-hybridized carbons (Fsp3) is 0.417. The van der Waals surface area contributed by atoms with E-state index in [2.05, 4.69) is 5.32 Å². The summed E-state index contributed by atoms with van der Waals surface area (Å²) in [5.41, 5.74) is 1.42. The lowest BCUT2D eigenvalue weighted by Gasteiger charge is -2.16. The molecule has 1 saturated carbocycles. The van der Waals surface area contributed by atoms with Crippen LogP contribution in [-0.4, -0.2) is 17.1 Å². The molecule has 0 radical (unpaired) electrons. The number of hydrogen-bond donors (Lipinski definition) is 2. The lowest BCUT2D eigenvalue weighted by Crippen LogP contribution is -2.31. The summed E-state index contributed by atoms with van der Waals surface area (Å²) in [4.78, 5) is 11.0. The Hall–Kier alpha value is -1.58. The summed E-state index contributed by atoms with van der Waals surface area (Å²) in [6.45, 7) is 1.76. The molecule has 1 aromatic rings. The number of benzene rings is 1. The standard InChI is InChI=1S/C12H14FNO2/c1-7-6-9(13)4-5-10(7)14-11(12(15)16)8-2-3-8/h4-6,8,11,14H,2-3H2,1H3,(H,15,16). The molecule has 0 bridgehead atoms. The van der Waals surface area contributed by atoms with Gasteiger partial charge in [-0.2, -0.15) is 0 Å². The third-order valence-corrected chi connectivity index (χ3v) is 2.86. The minimum absolute atomic E-state index is 0.210. The van der Waals surface area contributed by atoms with Gasteiger partial charge < -0.3 is 10.4 Å². The first kappa shape index (κ1) is 10.9. The van der Waals surface area contributed by atoms with Crippen LogP contribution in [0.25, 0.3) is 0 Å². The molecule has 1 aliphatic carbocycles. The lowest BCUT2D eigenvalue weighted by molar-refractivity contribution is -0.138. The van der Waals surface area contributed by atoms with E-state index in [1.165, 1.54) is 12.1 Å². The van der Waals surface area contributed by atoms with Crippen molar-refractivity contribution in [1.29, 1.82) is 0 Å². The van der Waals surface area contributed by atoms with Crippen LogP contribution in [0.2, 0.25) is 0 Å². The minimum Gasteiger partial charge on any atom is -0.480 e. The third-order valence-electron chi connectivity index (χ3n) is 2.86. The van der Waals surface area contributed by atoms with Crippen LogP contribution < -0.4 is 5.32 Å². The van der Waals surface area contributed by atoms with E-state index >= 15 is 0 Å². The van der Waals surface area contributed by atoms with Crippen LogP contribution in [-0.2, 0) is 4.79 Å². The number of carboxylic acid groups (broad SMARTS) is 1. The molecule has 4 heteroatoms. The van der Waals surface area contributed by atoms with Crippen molar-refractivity contribution in [2.75, 3.05) is 5.32 Å². The number of halogens is 1. The molecule has 0 aromatic heterocycles. The van der Waals surface area contributed by atoms with Gasteiger partial charge in [-0.15, -0.1) is 0 Å². The summed E-state index contributed by atoms with van der Waals surface area (Å²) in [6.07, 6.45) is 1.90. The second kappa shape index (κ2) is 4.12. The number of aliphatic carboxylic acids is 1. The van der Waals surface area contributed by atoms with Crippen molar-refractivity contribution in [2.45, 2.75) is 25.8 Å². The number of rotatable bonds is 4. The average molecular weight is 223 g/mol.